The number of carbonyl (C=O) groups excluding carboxylic acids is 3. The fraction of sp³-hybridized carbons (Fsp3) is 0.312. The van der Waals surface area contributed by atoms with Crippen LogP contribution >= 0.6 is 11.6 Å². The van der Waals surface area contributed by atoms with Crippen molar-refractivity contribution in [2.45, 2.75) is 20.0 Å². The Morgan fingerprint density at radius 1 is 1.32 bits per heavy atom. The number of nitrogens with one attached hydrogen (secondary N) is 1. The molecule has 2 rings (SSSR count). The molecule has 0 saturated carbocycles. The summed E-state index contributed by atoms with van der Waals surface area (Å²) >= 11 is 6.05. The molecule has 25 heavy (non-hydrogen) atoms. The summed E-state index contributed by atoms with van der Waals surface area (Å²) in [7, 11) is 0. The SMILES string of the molecule is CC(C)[C@H](OC(=O)/C=C/c1cc(Cl)c2c(c1)OCO2)C(=O)NC(N)=O. The fourth-order valence-corrected chi connectivity index (χ4v) is 2.37. The number of benzene rings is 1. The van der Waals surface area contributed by atoms with E-state index in [1.54, 1.807) is 26.0 Å². The minimum absolute atomic E-state index is 0.0787. The van der Waals surface area contributed by atoms with Gasteiger partial charge in [-0.15, -0.1) is 0 Å². The van der Waals surface area contributed by atoms with Crippen LogP contribution in [0.1, 0.15) is 19.4 Å². The van der Waals surface area contributed by atoms with E-state index in [4.69, 9.17) is 31.5 Å². The maximum Gasteiger partial charge on any atom is 0.331 e. The van der Waals surface area contributed by atoms with Crippen LogP contribution in [0, 0.1) is 5.92 Å². The number of hydrogen-bond acceptors (Lipinski definition) is 6. The lowest BCUT2D eigenvalue weighted by Crippen LogP contribution is -2.45. The number of fused-ring (bicyclic) bond motifs is 1. The van der Waals surface area contributed by atoms with Crippen molar-refractivity contribution >= 4 is 35.6 Å². The Labute approximate surface area is 148 Å². The molecule has 0 unspecified atom stereocenters. The first-order valence-electron chi connectivity index (χ1n) is 7.36. The van der Waals surface area contributed by atoms with Crippen molar-refractivity contribution in [3.05, 3.63) is 28.8 Å². The van der Waals surface area contributed by atoms with Crippen molar-refractivity contribution < 1.29 is 28.6 Å². The minimum atomic E-state index is -1.15. The molecule has 3 amide bonds. The molecule has 1 aromatic carbocycles. The van der Waals surface area contributed by atoms with Crippen LogP contribution in [0.25, 0.3) is 6.08 Å². The molecule has 8 nitrogen and oxygen atoms in total. The second-order valence-corrected chi connectivity index (χ2v) is 5.93. The number of rotatable bonds is 5. The predicted octanol–water partition coefficient (Wildman–Crippen LogP) is 1.84. The number of amides is 3. The quantitative estimate of drug-likeness (QED) is 0.605. The molecule has 1 aliphatic heterocycles. The Hall–Kier alpha value is -2.74. The van der Waals surface area contributed by atoms with Gasteiger partial charge in [-0.2, -0.15) is 0 Å². The van der Waals surface area contributed by atoms with Crippen molar-refractivity contribution in [2.24, 2.45) is 11.7 Å². The average Bonchev–Trinajstić information content (AvgIpc) is 2.98. The summed E-state index contributed by atoms with van der Waals surface area (Å²) in [5.74, 6) is -0.968. The minimum Gasteiger partial charge on any atom is -0.454 e. The highest BCUT2D eigenvalue weighted by Crippen LogP contribution is 2.40. The van der Waals surface area contributed by atoms with E-state index in [0.29, 0.717) is 22.1 Å². The number of hydrogen-bond donors (Lipinski definition) is 2. The Kier molecular flexibility index (Phi) is 5.87. The molecule has 0 radical (unpaired) electrons. The molecular formula is C16H17ClN2O6. The average molecular weight is 369 g/mol. The van der Waals surface area contributed by atoms with Gasteiger partial charge in [0.1, 0.15) is 0 Å². The fourth-order valence-electron chi connectivity index (χ4n) is 2.10. The lowest BCUT2D eigenvalue weighted by Gasteiger charge is -2.18. The van der Waals surface area contributed by atoms with E-state index in [0.717, 1.165) is 6.08 Å². The van der Waals surface area contributed by atoms with Gasteiger partial charge < -0.3 is 19.9 Å². The molecule has 1 aromatic rings. The van der Waals surface area contributed by atoms with E-state index in [1.807, 2.05) is 5.32 Å². The predicted molar refractivity (Wildman–Crippen MR) is 89.1 cm³/mol. The van der Waals surface area contributed by atoms with Crippen LogP contribution in [-0.4, -0.2) is 30.8 Å². The topological polar surface area (TPSA) is 117 Å². The van der Waals surface area contributed by atoms with Crippen molar-refractivity contribution in [3.63, 3.8) is 0 Å². The molecular weight excluding hydrogens is 352 g/mol. The molecule has 0 aliphatic carbocycles. The summed E-state index contributed by atoms with van der Waals surface area (Å²) in [5.41, 5.74) is 5.49. The van der Waals surface area contributed by atoms with Crippen LogP contribution in [0.2, 0.25) is 5.02 Å². The zero-order valence-corrected chi connectivity index (χ0v) is 14.3. The summed E-state index contributed by atoms with van der Waals surface area (Å²) in [6.45, 7) is 3.41. The van der Waals surface area contributed by atoms with E-state index in [2.05, 4.69) is 0 Å². The summed E-state index contributed by atoms with van der Waals surface area (Å²) < 4.78 is 15.5. The third kappa shape index (κ3) is 4.87. The number of primary amides is 1. The van der Waals surface area contributed by atoms with Crippen LogP contribution in [0.15, 0.2) is 18.2 Å². The van der Waals surface area contributed by atoms with Crippen LogP contribution in [-0.2, 0) is 14.3 Å². The van der Waals surface area contributed by atoms with Gasteiger partial charge in [0.25, 0.3) is 5.91 Å². The van der Waals surface area contributed by atoms with Gasteiger partial charge in [-0.3, -0.25) is 10.1 Å². The Morgan fingerprint density at radius 2 is 2.04 bits per heavy atom. The Bertz CT molecular complexity index is 732. The summed E-state index contributed by atoms with van der Waals surface area (Å²) in [4.78, 5) is 34.5. The second-order valence-electron chi connectivity index (χ2n) is 5.52. The summed E-state index contributed by atoms with van der Waals surface area (Å²) in [6, 6.07) is 2.23. The molecule has 1 aliphatic rings. The first-order valence-corrected chi connectivity index (χ1v) is 7.74. The van der Waals surface area contributed by atoms with Crippen molar-refractivity contribution in [3.8, 4) is 11.5 Å². The van der Waals surface area contributed by atoms with E-state index in [-0.39, 0.29) is 12.7 Å². The lowest BCUT2D eigenvalue weighted by atomic mass is 10.1. The normalized spacial score (nSPS) is 13.8. The number of esters is 1. The lowest BCUT2D eigenvalue weighted by molar-refractivity contribution is -0.153. The van der Waals surface area contributed by atoms with Gasteiger partial charge in [-0.05, 0) is 29.7 Å². The summed E-state index contributed by atoms with van der Waals surface area (Å²) in [6.07, 6.45) is 1.45. The molecule has 0 fully saturated rings. The first kappa shape index (κ1) is 18.6. The van der Waals surface area contributed by atoms with Gasteiger partial charge in [0, 0.05) is 6.08 Å². The molecule has 0 aromatic heterocycles. The second kappa shape index (κ2) is 7.89. The van der Waals surface area contributed by atoms with Gasteiger partial charge >= 0.3 is 12.0 Å². The Morgan fingerprint density at radius 3 is 2.68 bits per heavy atom. The number of urea groups is 1. The highest BCUT2D eigenvalue weighted by molar-refractivity contribution is 6.32. The highest BCUT2D eigenvalue weighted by atomic mass is 35.5. The van der Waals surface area contributed by atoms with Crippen LogP contribution in [0.4, 0.5) is 4.79 Å². The maximum absolute atomic E-state index is 11.9. The van der Waals surface area contributed by atoms with E-state index < -0.39 is 24.0 Å². The molecule has 0 spiro atoms. The van der Waals surface area contributed by atoms with Gasteiger partial charge in [-0.25, -0.2) is 9.59 Å². The number of carbonyl (C=O) groups is 3. The number of nitrogens with two attached hydrogens (primary N) is 1. The molecule has 1 heterocycles. The first-order chi connectivity index (χ1) is 11.8. The zero-order valence-electron chi connectivity index (χ0n) is 13.6. The number of halogens is 1. The van der Waals surface area contributed by atoms with E-state index >= 15 is 0 Å². The van der Waals surface area contributed by atoms with Crippen molar-refractivity contribution in [2.75, 3.05) is 6.79 Å². The maximum atomic E-state index is 11.9. The van der Waals surface area contributed by atoms with E-state index in [9.17, 15) is 14.4 Å². The van der Waals surface area contributed by atoms with Gasteiger partial charge in [0.05, 0.1) is 5.02 Å². The molecule has 0 saturated heterocycles. The van der Waals surface area contributed by atoms with Gasteiger partial charge in [0.2, 0.25) is 6.79 Å². The third-order valence-electron chi connectivity index (χ3n) is 3.21. The zero-order chi connectivity index (χ0) is 18.6. The molecule has 3 N–H and O–H groups in total. The number of ether oxygens (including phenoxy) is 3. The molecule has 9 heteroatoms. The highest BCUT2D eigenvalue weighted by Gasteiger charge is 2.26. The number of imide groups is 1. The smallest absolute Gasteiger partial charge is 0.331 e. The van der Waals surface area contributed by atoms with Crippen LogP contribution in [0.3, 0.4) is 0 Å². The largest absolute Gasteiger partial charge is 0.454 e. The molecule has 1 atom stereocenters. The molecule has 134 valence electrons. The van der Waals surface area contributed by atoms with Crippen molar-refractivity contribution in [1.29, 1.82) is 0 Å². The summed E-state index contributed by atoms with van der Waals surface area (Å²) in [5, 5.41) is 2.24. The van der Waals surface area contributed by atoms with Gasteiger partial charge in [0.15, 0.2) is 17.6 Å². The van der Waals surface area contributed by atoms with Gasteiger partial charge in [-0.1, -0.05) is 25.4 Å². The monoisotopic (exact) mass is 368 g/mol. The van der Waals surface area contributed by atoms with Crippen LogP contribution < -0.4 is 20.5 Å². The molecule has 0 bridgehead atoms. The Balaban J connectivity index is 2.05. The van der Waals surface area contributed by atoms with Crippen LogP contribution in [0.5, 0.6) is 11.5 Å². The van der Waals surface area contributed by atoms with E-state index in [1.165, 1.54) is 6.08 Å². The standard InChI is InChI=1S/C16H17ClN2O6/c1-8(2)13(15(21)19-16(18)22)25-12(20)4-3-9-5-10(17)14-11(6-9)23-7-24-14/h3-6,8,13H,7H2,1-2H3,(H3,18,19,21,22)/b4-3+/t13-/m0/s1. The van der Waals surface area contributed by atoms with Crippen molar-refractivity contribution in [1.82, 2.24) is 5.32 Å². The third-order valence-corrected chi connectivity index (χ3v) is 3.50.